The van der Waals surface area contributed by atoms with Crippen LogP contribution in [-0.2, 0) is 9.53 Å². The Morgan fingerprint density at radius 3 is 2.61 bits per heavy atom. The predicted octanol–water partition coefficient (Wildman–Crippen LogP) is 1.83. The average molecular weight is 255 g/mol. The van der Waals surface area contributed by atoms with Crippen molar-refractivity contribution >= 4 is 5.97 Å². The van der Waals surface area contributed by atoms with Gasteiger partial charge in [-0.2, -0.15) is 0 Å². The summed E-state index contributed by atoms with van der Waals surface area (Å²) in [5.41, 5.74) is 0.518. The Bertz CT molecular complexity index is 430. The standard InChI is InChI=1S/C13H15F2NO2/c1-18-13(17)12-7-16-3-2-11(12)8-4-9(14)6-10(15)5-8/h4-6,11-12,16H,2-3,7H2,1H3/t11-,12+/m1/s1. The number of esters is 1. The monoisotopic (exact) mass is 255 g/mol. The molecular formula is C13H15F2NO2. The number of methoxy groups -OCH3 is 1. The zero-order chi connectivity index (χ0) is 13.1. The van der Waals surface area contributed by atoms with E-state index in [-0.39, 0.29) is 11.9 Å². The van der Waals surface area contributed by atoms with Crippen LogP contribution in [0, 0.1) is 17.6 Å². The number of benzene rings is 1. The summed E-state index contributed by atoms with van der Waals surface area (Å²) in [6.07, 6.45) is 0.655. The topological polar surface area (TPSA) is 38.3 Å². The van der Waals surface area contributed by atoms with Crippen molar-refractivity contribution in [3.05, 3.63) is 35.4 Å². The first-order chi connectivity index (χ1) is 8.61. The number of rotatable bonds is 2. The molecule has 1 aliphatic rings. The minimum Gasteiger partial charge on any atom is -0.469 e. The molecule has 1 N–H and O–H groups in total. The van der Waals surface area contributed by atoms with Crippen LogP contribution in [0.5, 0.6) is 0 Å². The molecule has 0 saturated carbocycles. The third-order valence-electron chi connectivity index (χ3n) is 3.30. The number of carbonyl (C=O) groups excluding carboxylic acids is 1. The molecule has 98 valence electrons. The summed E-state index contributed by atoms with van der Waals surface area (Å²) in [5, 5.41) is 3.09. The minimum atomic E-state index is -0.618. The van der Waals surface area contributed by atoms with Gasteiger partial charge >= 0.3 is 5.97 Å². The van der Waals surface area contributed by atoms with E-state index in [4.69, 9.17) is 4.74 Å². The average Bonchev–Trinajstić information content (AvgIpc) is 2.36. The lowest BCUT2D eigenvalue weighted by atomic mass is 9.81. The predicted molar refractivity (Wildman–Crippen MR) is 62.1 cm³/mol. The van der Waals surface area contributed by atoms with E-state index in [9.17, 15) is 13.6 Å². The van der Waals surface area contributed by atoms with Gasteiger partial charge in [0.2, 0.25) is 0 Å². The number of halogens is 2. The van der Waals surface area contributed by atoms with Crippen molar-refractivity contribution in [3.8, 4) is 0 Å². The number of carbonyl (C=O) groups is 1. The molecule has 1 aromatic carbocycles. The first-order valence-corrected chi connectivity index (χ1v) is 5.86. The number of nitrogens with one attached hydrogen (secondary N) is 1. The summed E-state index contributed by atoms with van der Waals surface area (Å²) < 4.78 is 31.2. The van der Waals surface area contributed by atoms with E-state index < -0.39 is 17.6 Å². The summed E-state index contributed by atoms with van der Waals surface area (Å²) in [4.78, 5) is 11.7. The number of ether oxygens (including phenoxy) is 1. The molecular weight excluding hydrogens is 240 g/mol. The molecule has 0 bridgehead atoms. The molecule has 0 unspecified atom stereocenters. The largest absolute Gasteiger partial charge is 0.469 e. The van der Waals surface area contributed by atoms with Crippen LogP contribution in [0.25, 0.3) is 0 Å². The zero-order valence-electron chi connectivity index (χ0n) is 10.1. The van der Waals surface area contributed by atoms with E-state index in [0.29, 0.717) is 18.5 Å². The van der Waals surface area contributed by atoms with Crippen molar-refractivity contribution < 1.29 is 18.3 Å². The molecule has 2 rings (SSSR count). The lowest BCUT2D eigenvalue weighted by Crippen LogP contribution is -2.40. The fourth-order valence-electron chi connectivity index (χ4n) is 2.45. The van der Waals surface area contributed by atoms with Crippen LogP contribution in [0.15, 0.2) is 18.2 Å². The molecule has 5 heteroatoms. The summed E-state index contributed by atoms with van der Waals surface area (Å²) in [5.74, 6) is -2.19. The van der Waals surface area contributed by atoms with Crippen molar-refractivity contribution in [1.29, 1.82) is 0 Å². The van der Waals surface area contributed by atoms with E-state index in [1.807, 2.05) is 0 Å². The SMILES string of the molecule is COC(=O)[C@H]1CNCC[C@@H]1c1cc(F)cc(F)c1. The zero-order valence-corrected chi connectivity index (χ0v) is 10.1. The highest BCUT2D eigenvalue weighted by atomic mass is 19.1. The van der Waals surface area contributed by atoms with Crippen LogP contribution in [0.2, 0.25) is 0 Å². The molecule has 1 saturated heterocycles. The van der Waals surface area contributed by atoms with Crippen LogP contribution < -0.4 is 5.32 Å². The van der Waals surface area contributed by atoms with Gasteiger partial charge < -0.3 is 10.1 Å². The minimum absolute atomic E-state index is 0.205. The molecule has 3 nitrogen and oxygen atoms in total. The quantitative estimate of drug-likeness (QED) is 0.819. The van der Waals surface area contributed by atoms with Gasteiger partial charge in [0.25, 0.3) is 0 Å². The molecule has 0 aromatic heterocycles. The Morgan fingerprint density at radius 1 is 1.33 bits per heavy atom. The fraction of sp³-hybridized carbons (Fsp3) is 0.462. The van der Waals surface area contributed by atoms with Gasteiger partial charge in [-0.05, 0) is 36.6 Å². The van der Waals surface area contributed by atoms with Crippen LogP contribution in [0.3, 0.4) is 0 Å². The lowest BCUT2D eigenvalue weighted by molar-refractivity contribution is -0.146. The Hall–Kier alpha value is -1.49. The fourth-order valence-corrected chi connectivity index (χ4v) is 2.45. The van der Waals surface area contributed by atoms with Crippen LogP contribution in [-0.4, -0.2) is 26.2 Å². The van der Waals surface area contributed by atoms with Gasteiger partial charge in [0.15, 0.2) is 0 Å². The second kappa shape index (κ2) is 5.44. The summed E-state index contributed by atoms with van der Waals surface area (Å²) >= 11 is 0. The van der Waals surface area contributed by atoms with E-state index in [2.05, 4.69) is 5.32 Å². The Balaban J connectivity index is 2.30. The Morgan fingerprint density at radius 2 is 2.00 bits per heavy atom. The van der Waals surface area contributed by atoms with Crippen LogP contribution in [0.4, 0.5) is 8.78 Å². The second-order valence-corrected chi connectivity index (χ2v) is 4.43. The summed E-state index contributed by atoms with van der Waals surface area (Å²) in [6, 6.07) is 3.40. The van der Waals surface area contributed by atoms with Crippen LogP contribution >= 0.6 is 0 Å². The van der Waals surface area contributed by atoms with Crippen molar-refractivity contribution in [2.75, 3.05) is 20.2 Å². The molecule has 1 aromatic rings. The third-order valence-corrected chi connectivity index (χ3v) is 3.30. The normalized spacial score (nSPS) is 23.7. The first kappa shape index (κ1) is 13.0. The molecule has 1 aliphatic heterocycles. The van der Waals surface area contributed by atoms with Gasteiger partial charge in [0.1, 0.15) is 11.6 Å². The van der Waals surface area contributed by atoms with Crippen LogP contribution in [0.1, 0.15) is 17.9 Å². The maximum atomic E-state index is 13.2. The van der Waals surface area contributed by atoms with Gasteiger partial charge in [-0.15, -0.1) is 0 Å². The lowest BCUT2D eigenvalue weighted by Gasteiger charge is -2.30. The highest BCUT2D eigenvalue weighted by Crippen LogP contribution is 2.31. The maximum Gasteiger partial charge on any atom is 0.310 e. The molecule has 0 aliphatic carbocycles. The third kappa shape index (κ3) is 2.67. The first-order valence-electron chi connectivity index (χ1n) is 5.86. The van der Waals surface area contributed by atoms with Crippen molar-refractivity contribution in [2.24, 2.45) is 5.92 Å². The van der Waals surface area contributed by atoms with Crippen molar-refractivity contribution in [3.63, 3.8) is 0 Å². The summed E-state index contributed by atoms with van der Waals surface area (Å²) in [7, 11) is 1.32. The van der Waals surface area contributed by atoms with E-state index >= 15 is 0 Å². The van der Waals surface area contributed by atoms with Gasteiger partial charge in [-0.1, -0.05) is 0 Å². The molecule has 1 fully saturated rings. The second-order valence-electron chi connectivity index (χ2n) is 4.43. The van der Waals surface area contributed by atoms with Crippen molar-refractivity contribution in [1.82, 2.24) is 5.32 Å². The molecule has 18 heavy (non-hydrogen) atoms. The number of piperidine rings is 1. The number of hydrogen-bond donors (Lipinski definition) is 1. The molecule has 1 heterocycles. The van der Waals surface area contributed by atoms with Gasteiger partial charge in [-0.25, -0.2) is 8.78 Å². The molecule has 0 spiro atoms. The maximum absolute atomic E-state index is 13.2. The highest BCUT2D eigenvalue weighted by Gasteiger charge is 2.33. The van der Waals surface area contributed by atoms with Gasteiger partial charge in [0, 0.05) is 12.6 Å². The van der Waals surface area contributed by atoms with E-state index in [0.717, 1.165) is 12.6 Å². The highest BCUT2D eigenvalue weighted by molar-refractivity contribution is 5.74. The number of hydrogen-bond acceptors (Lipinski definition) is 3. The van der Waals surface area contributed by atoms with E-state index in [1.54, 1.807) is 0 Å². The van der Waals surface area contributed by atoms with E-state index in [1.165, 1.54) is 19.2 Å². The Kier molecular flexibility index (Phi) is 3.91. The molecule has 0 radical (unpaired) electrons. The molecule has 2 atom stereocenters. The summed E-state index contributed by atoms with van der Waals surface area (Å²) in [6.45, 7) is 1.19. The van der Waals surface area contributed by atoms with Gasteiger partial charge in [0.05, 0.1) is 13.0 Å². The van der Waals surface area contributed by atoms with Gasteiger partial charge in [-0.3, -0.25) is 4.79 Å². The molecule has 0 amide bonds. The Labute approximate surface area is 104 Å². The van der Waals surface area contributed by atoms with Crippen molar-refractivity contribution in [2.45, 2.75) is 12.3 Å². The smallest absolute Gasteiger partial charge is 0.310 e.